The molecular weight excluding hydrogens is 320 g/mol. The van der Waals surface area contributed by atoms with E-state index in [9.17, 15) is 15.3 Å². The number of aliphatic hydroxyl groups is 2. The average molecular weight is 337 g/mol. The minimum atomic E-state index is -0.755. The summed E-state index contributed by atoms with van der Waals surface area (Å²) in [6.07, 6.45) is 0.454. The molecule has 0 bridgehead atoms. The molecule has 106 valence electrons. The van der Waals surface area contributed by atoms with Crippen LogP contribution in [0, 0.1) is 0 Å². The van der Waals surface area contributed by atoms with Gasteiger partial charge in [-0.15, -0.1) is 0 Å². The van der Waals surface area contributed by atoms with E-state index in [2.05, 4.69) is 15.9 Å². The number of aliphatic hydroxyl groups excluding tert-OH is 2. The lowest BCUT2D eigenvalue weighted by Crippen LogP contribution is -2.37. The average Bonchev–Trinajstić information content (AvgIpc) is 2.46. The second kappa shape index (κ2) is 6.39. The van der Waals surface area contributed by atoms with Gasteiger partial charge in [0.1, 0.15) is 5.75 Å². The van der Waals surface area contributed by atoms with Crippen LogP contribution >= 0.6 is 15.9 Å². The Bertz CT molecular complexity index is 562. The first-order valence-corrected chi connectivity index (χ1v) is 7.14. The maximum atomic E-state index is 9.80. The number of phenols is 1. The number of hydrogen-bond acceptors (Lipinski definition) is 3. The summed E-state index contributed by atoms with van der Waals surface area (Å²) < 4.78 is 0.948. The molecule has 0 aliphatic carbocycles. The molecule has 0 aliphatic rings. The highest BCUT2D eigenvalue weighted by Gasteiger charge is 2.31. The van der Waals surface area contributed by atoms with E-state index in [1.165, 1.54) is 0 Å². The monoisotopic (exact) mass is 336 g/mol. The Kier molecular flexibility index (Phi) is 4.81. The summed E-state index contributed by atoms with van der Waals surface area (Å²) in [6.45, 7) is -0.332. The molecule has 0 saturated carbocycles. The zero-order chi connectivity index (χ0) is 14.6. The number of halogens is 1. The van der Waals surface area contributed by atoms with Gasteiger partial charge in [-0.25, -0.2) is 0 Å². The maximum absolute atomic E-state index is 9.80. The second-order valence-electron chi connectivity index (χ2n) is 4.95. The Morgan fingerprint density at radius 1 is 0.950 bits per heavy atom. The molecule has 0 aromatic heterocycles. The minimum Gasteiger partial charge on any atom is -0.508 e. The SMILES string of the molecule is OCC(CO)(Cc1cccc(O)c1)c1ccc(Br)cc1. The van der Waals surface area contributed by atoms with Gasteiger partial charge in [-0.3, -0.25) is 0 Å². The van der Waals surface area contributed by atoms with Crippen molar-refractivity contribution in [2.45, 2.75) is 11.8 Å². The van der Waals surface area contributed by atoms with Gasteiger partial charge in [-0.1, -0.05) is 40.2 Å². The summed E-state index contributed by atoms with van der Waals surface area (Å²) in [5, 5.41) is 29.1. The lowest BCUT2D eigenvalue weighted by molar-refractivity contribution is 0.116. The summed E-state index contributed by atoms with van der Waals surface area (Å²) in [6, 6.07) is 14.4. The van der Waals surface area contributed by atoms with Crippen molar-refractivity contribution in [1.29, 1.82) is 0 Å². The van der Waals surface area contributed by atoms with Crippen molar-refractivity contribution in [3.8, 4) is 5.75 Å². The number of benzene rings is 2. The van der Waals surface area contributed by atoms with Gasteiger partial charge < -0.3 is 15.3 Å². The molecule has 2 aromatic rings. The van der Waals surface area contributed by atoms with Gasteiger partial charge in [0.2, 0.25) is 0 Å². The number of phenolic OH excluding ortho intramolecular Hbond substituents is 1. The Morgan fingerprint density at radius 2 is 1.60 bits per heavy atom. The van der Waals surface area contributed by atoms with Crippen molar-refractivity contribution in [3.63, 3.8) is 0 Å². The Labute approximate surface area is 126 Å². The van der Waals surface area contributed by atoms with Crippen LogP contribution in [0.15, 0.2) is 53.0 Å². The van der Waals surface area contributed by atoms with Crippen LogP contribution in [0.4, 0.5) is 0 Å². The molecule has 0 amide bonds. The lowest BCUT2D eigenvalue weighted by Gasteiger charge is -2.30. The van der Waals surface area contributed by atoms with Crippen molar-refractivity contribution in [2.24, 2.45) is 0 Å². The van der Waals surface area contributed by atoms with Crippen LogP contribution in [0.1, 0.15) is 11.1 Å². The van der Waals surface area contributed by atoms with E-state index in [-0.39, 0.29) is 19.0 Å². The van der Waals surface area contributed by atoms with Gasteiger partial charge in [0.15, 0.2) is 0 Å². The van der Waals surface area contributed by atoms with E-state index in [0.717, 1.165) is 15.6 Å². The lowest BCUT2D eigenvalue weighted by atomic mass is 9.77. The Morgan fingerprint density at radius 3 is 2.15 bits per heavy atom. The molecule has 0 aliphatic heterocycles. The van der Waals surface area contributed by atoms with Crippen molar-refractivity contribution in [2.75, 3.05) is 13.2 Å². The first-order valence-electron chi connectivity index (χ1n) is 6.35. The normalized spacial score (nSPS) is 11.6. The van der Waals surface area contributed by atoms with E-state index < -0.39 is 5.41 Å². The quantitative estimate of drug-likeness (QED) is 0.786. The number of hydrogen-bond donors (Lipinski definition) is 3. The predicted octanol–water partition coefficient (Wildman–Crippen LogP) is 2.62. The summed E-state index contributed by atoms with van der Waals surface area (Å²) in [4.78, 5) is 0. The topological polar surface area (TPSA) is 60.7 Å². The van der Waals surface area contributed by atoms with Crippen LogP contribution in [0.25, 0.3) is 0 Å². The molecule has 0 fully saturated rings. The molecule has 2 rings (SSSR count). The molecule has 0 spiro atoms. The van der Waals surface area contributed by atoms with Crippen molar-refractivity contribution < 1.29 is 15.3 Å². The first kappa shape index (κ1) is 15.0. The van der Waals surface area contributed by atoms with Gasteiger partial charge in [0, 0.05) is 9.89 Å². The van der Waals surface area contributed by atoms with Gasteiger partial charge in [-0.05, 0) is 41.8 Å². The predicted molar refractivity (Wildman–Crippen MR) is 81.8 cm³/mol. The maximum Gasteiger partial charge on any atom is 0.115 e. The summed E-state index contributed by atoms with van der Waals surface area (Å²) in [5.74, 6) is 0.183. The van der Waals surface area contributed by atoms with Crippen LogP contribution < -0.4 is 0 Å². The minimum absolute atomic E-state index is 0.166. The highest BCUT2D eigenvalue weighted by atomic mass is 79.9. The van der Waals surface area contributed by atoms with Gasteiger partial charge in [-0.2, -0.15) is 0 Å². The summed E-state index contributed by atoms with van der Waals surface area (Å²) in [7, 11) is 0. The molecule has 0 radical (unpaired) electrons. The third kappa shape index (κ3) is 3.20. The summed E-state index contributed by atoms with van der Waals surface area (Å²) in [5.41, 5.74) is 0.985. The Hall–Kier alpha value is -1.36. The summed E-state index contributed by atoms with van der Waals surface area (Å²) >= 11 is 3.37. The molecule has 0 atom stereocenters. The molecule has 0 saturated heterocycles. The van der Waals surface area contributed by atoms with Crippen LogP contribution in [0.2, 0.25) is 0 Å². The fraction of sp³-hybridized carbons (Fsp3) is 0.250. The third-order valence-corrected chi connectivity index (χ3v) is 4.04. The van der Waals surface area contributed by atoms with E-state index in [0.29, 0.717) is 6.42 Å². The molecular formula is C16H17BrO3. The number of rotatable bonds is 5. The van der Waals surface area contributed by atoms with E-state index in [4.69, 9.17) is 0 Å². The molecule has 20 heavy (non-hydrogen) atoms. The van der Waals surface area contributed by atoms with Crippen LogP contribution in [0.3, 0.4) is 0 Å². The zero-order valence-electron chi connectivity index (χ0n) is 11.0. The third-order valence-electron chi connectivity index (χ3n) is 3.51. The Balaban J connectivity index is 2.36. The van der Waals surface area contributed by atoms with E-state index in [1.807, 2.05) is 30.3 Å². The van der Waals surface area contributed by atoms with Crippen molar-refractivity contribution >= 4 is 15.9 Å². The zero-order valence-corrected chi connectivity index (χ0v) is 12.5. The molecule has 3 N–H and O–H groups in total. The standard InChI is InChI=1S/C16H17BrO3/c17-14-6-4-13(5-7-14)16(10-18,11-19)9-12-2-1-3-15(20)8-12/h1-8,18-20H,9-11H2. The first-order chi connectivity index (χ1) is 9.59. The van der Waals surface area contributed by atoms with Gasteiger partial charge >= 0.3 is 0 Å². The largest absolute Gasteiger partial charge is 0.508 e. The van der Waals surface area contributed by atoms with Gasteiger partial charge in [0.05, 0.1) is 13.2 Å². The molecule has 3 nitrogen and oxygen atoms in total. The number of aromatic hydroxyl groups is 1. The highest BCUT2D eigenvalue weighted by Crippen LogP contribution is 2.30. The van der Waals surface area contributed by atoms with E-state index >= 15 is 0 Å². The van der Waals surface area contributed by atoms with Crippen molar-refractivity contribution in [3.05, 3.63) is 64.1 Å². The smallest absolute Gasteiger partial charge is 0.115 e. The van der Waals surface area contributed by atoms with Crippen molar-refractivity contribution in [1.82, 2.24) is 0 Å². The fourth-order valence-electron chi connectivity index (χ4n) is 2.31. The van der Waals surface area contributed by atoms with E-state index in [1.54, 1.807) is 18.2 Å². The second-order valence-corrected chi connectivity index (χ2v) is 5.87. The molecule has 4 heteroatoms. The van der Waals surface area contributed by atoms with Crippen LogP contribution in [-0.4, -0.2) is 28.5 Å². The van der Waals surface area contributed by atoms with Crippen LogP contribution in [0.5, 0.6) is 5.75 Å². The highest BCUT2D eigenvalue weighted by molar-refractivity contribution is 9.10. The van der Waals surface area contributed by atoms with Gasteiger partial charge in [0.25, 0.3) is 0 Å². The molecule has 0 unspecified atom stereocenters. The van der Waals surface area contributed by atoms with Crippen LogP contribution in [-0.2, 0) is 11.8 Å². The molecule has 2 aromatic carbocycles. The molecule has 0 heterocycles. The fourth-order valence-corrected chi connectivity index (χ4v) is 2.57.